The lowest BCUT2D eigenvalue weighted by Crippen LogP contribution is -2.20. The molecule has 0 radical (unpaired) electrons. The number of anilines is 1. The van der Waals surface area contributed by atoms with Gasteiger partial charge in [-0.2, -0.15) is 5.10 Å². The molecule has 3 aromatic rings. The Bertz CT molecular complexity index is 1150. The number of nitro groups is 1. The molecule has 0 aliphatic carbocycles. The van der Waals surface area contributed by atoms with Crippen molar-refractivity contribution in [1.82, 2.24) is 5.43 Å². The van der Waals surface area contributed by atoms with Gasteiger partial charge in [0.2, 0.25) is 0 Å². The SMILES string of the molecule is O=C(COc1ccc(/C=N\NC(=O)c2cccc([N+](=O)[O-])c2)cc1)Nc1ccc(Cl)cc1. The molecule has 0 saturated carbocycles. The number of nitrogens with one attached hydrogen (secondary N) is 2. The summed E-state index contributed by atoms with van der Waals surface area (Å²) in [6, 6.07) is 18.7. The Morgan fingerprint density at radius 2 is 1.78 bits per heavy atom. The molecule has 0 atom stereocenters. The van der Waals surface area contributed by atoms with Gasteiger partial charge in [0, 0.05) is 28.4 Å². The number of carbonyl (C=O) groups is 2. The van der Waals surface area contributed by atoms with Crippen LogP contribution in [0.3, 0.4) is 0 Å². The molecule has 3 rings (SSSR count). The number of rotatable bonds is 8. The highest BCUT2D eigenvalue weighted by Crippen LogP contribution is 2.15. The molecule has 0 heterocycles. The van der Waals surface area contributed by atoms with Gasteiger partial charge in [0.05, 0.1) is 11.1 Å². The predicted molar refractivity (Wildman–Crippen MR) is 120 cm³/mol. The quantitative estimate of drug-likeness (QED) is 0.303. The van der Waals surface area contributed by atoms with Crippen LogP contribution in [0.15, 0.2) is 77.9 Å². The second-order valence-corrected chi connectivity index (χ2v) is 6.86. The van der Waals surface area contributed by atoms with Gasteiger partial charge in [0.15, 0.2) is 6.61 Å². The maximum atomic E-state index is 12.0. The topological polar surface area (TPSA) is 123 Å². The fourth-order valence-corrected chi connectivity index (χ4v) is 2.65. The summed E-state index contributed by atoms with van der Waals surface area (Å²) >= 11 is 5.80. The molecule has 162 valence electrons. The van der Waals surface area contributed by atoms with Gasteiger partial charge < -0.3 is 10.1 Å². The molecule has 0 aliphatic rings. The van der Waals surface area contributed by atoms with Crippen LogP contribution < -0.4 is 15.5 Å². The van der Waals surface area contributed by atoms with Crippen molar-refractivity contribution in [2.45, 2.75) is 0 Å². The Kier molecular flexibility index (Phi) is 7.50. The minimum absolute atomic E-state index is 0.122. The third kappa shape index (κ3) is 6.64. The second kappa shape index (κ2) is 10.7. The van der Waals surface area contributed by atoms with Gasteiger partial charge in [-0.05, 0) is 60.2 Å². The molecule has 3 aromatic carbocycles. The van der Waals surface area contributed by atoms with Crippen molar-refractivity contribution in [2.75, 3.05) is 11.9 Å². The average Bonchev–Trinajstić information content (AvgIpc) is 2.80. The van der Waals surface area contributed by atoms with E-state index in [2.05, 4.69) is 15.8 Å². The molecule has 32 heavy (non-hydrogen) atoms. The highest BCUT2D eigenvalue weighted by atomic mass is 35.5. The summed E-state index contributed by atoms with van der Waals surface area (Å²) in [6.07, 6.45) is 1.41. The first-order valence-electron chi connectivity index (χ1n) is 9.27. The van der Waals surface area contributed by atoms with E-state index in [9.17, 15) is 19.7 Å². The van der Waals surface area contributed by atoms with Gasteiger partial charge in [-0.1, -0.05) is 17.7 Å². The summed E-state index contributed by atoms with van der Waals surface area (Å²) in [6.45, 7) is -0.171. The number of carbonyl (C=O) groups excluding carboxylic acids is 2. The molecule has 0 unspecified atom stereocenters. The summed E-state index contributed by atoms with van der Waals surface area (Å²) in [4.78, 5) is 34.2. The van der Waals surface area contributed by atoms with Crippen molar-refractivity contribution in [3.63, 3.8) is 0 Å². The zero-order valence-electron chi connectivity index (χ0n) is 16.5. The molecule has 2 amide bonds. The first-order chi connectivity index (χ1) is 15.4. The number of hydrogen-bond donors (Lipinski definition) is 2. The minimum atomic E-state index is -0.578. The van der Waals surface area contributed by atoms with E-state index >= 15 is 0 Å². The minimum Gasteiger partial charge on any atom is -0.484 e. The number of halogens is 1. The van der Waals surface area contributed by atoms with E-state index in [1.54, 1.807) is 48.5 Å². The predicted octanol–water partition coefficient (Wildman–Crippen LogP) is 4.03. The lowest BCUT2D eigenvalue weighted by Gasteiger charge is -2.08. The van der Waals surface area contributed by atoms with Crippen LogP contribution in [0.5, 0.6) is 5.75 Å². The van der Waals surface area contributed by atoms with Crippen molar-refractivity contribution in [1.29, 1.82) is 0 Å². The molecule has 9 nitrogen and oxygen atoms in total. The Morgan fingerprint density at radius 1 is 1.06 bits per heavy atom. The number of hydrogen-bond acceptors (Lipinski definition) is 6. The molecule has 0 spiro atoms. The van der Waals surface area contributed by atoms with E-state index in [-0.39, 0.29) is 23.8 Å². The van der Waals surface area contributed by atoms with Crippen LogP contribution in [0, 0.1) is 10.1 Å². The zero-order chi connectivity index (χ0) is 22.9. The molecule has 0 aromatic heterocycles. The number of benzene rings is 3. The summed E-state index contributed by atoms with van der Waals surface area (Å²) in [5, 5.41) is 17.9. The molecule has 10 heteroatoms. The molecule has 0 aliphatic heterocycles. The maximum Gasteiger partial charge on any atom is 0.271 e. The van der Waals surface area contributed by atoms with Crippen molar-refractivity contribution in [3.8, 4) is 5.75 Å². The van der Waals surface area contributed by atoms with Crippen molar-refractivity contribution in [3.05, 3.63) is 99.1 Å². The number of nitrogens with zero attached hydrogens (tertiary/aromatic N) is 2. The summed E-state index contributed by atoms with van der Waals surface area (Å²) < 4.78 is 5.44. The molecular formula is C22H17ClN4O5. The van der Waals surface area contributed by atoms with Crippen molar-refractivity contribution in [2.24, 2.45) is 5.10 Å². The third-order valence-electron chi connectivity index (χ3n) is 4.08. The van der Waals surface area contributed by atoms with Gasteiger partial charge in [0.1, 0.15) is 5.75 Å². The highest BCUT2D eigenvalue weighted by Gasteiger charge is 2.10. The van der Waals surface area contributed by atoms with E-state index in [4.69, 9.17) is 16.3 Å². The van der Waals surface area contributed by atoms with E-state index in [0.717, 1.165) is 0 Å². The highest BCUT2D eigenvalue weighted by molar-refractivity contribution is 6.30. The van der Waals surface area contributed by atoms with Crippen LogP contribution in [0.4, 0.5) is 11.4 Å². The van der Waals surface area contributed by atoms with Crippen LogP contribution in [0.1, 0.15) is 15.9 Å². The Morgan fingerprint density at radius 3 is 2.47 bits per heavy atom. The Labute approximate surface area is 187 Å². The molecule has 0 bridgehead atoms. The average molecular weight is 453 g/mol. The van der Waals surface area contributed by atoms with E-state index in [1.165, 1.54) is 30.5 Å². The molecule has 2 N–H and O–H groups in total. The molecule has 0 saturated heterocycles. The summed E-state index contributed by atoms with van der Waals surface area (Å²) in [5.41, 5.74) is 3.53. The van der Waals surface area contributed by atoms with Gasteiger partial charge in [-0.25, -0.2) is 5.43 Å². The maximum absolute atomic E-state index is 12.0. The lowest BCUT2D eigenvalue weighted by atomic mass is 10.2. The van der Waals surface area contributed by atoms with E-state index < -0.39 is 10.8 Å². The number of non-ortho nitro benzene ring substituents is 1. The fourth-order valence-electron chi connectivity index (χ4n) is 2.52. The molecular weight excluding hydrogens is 436 g/mol. The lowest BCUT2D eigenvalue weighted by molar-refractivity contribution is -0.384. The zero-order valence-corrected chi connectivity index (χ0v) is 17.3. The van der Waals surface area contributed by atoms with Gasteiger partial charge in [-0.3, -0.25) is 19.7 Å². The van der Waals surface area contributed by atoms with Crippen molar-refractivity contribution >= 4 is 41.0 Å². The van der Waals surface area contributed by atoms with E-state index in [1.807, 2.05) is 0 Å². The Balaban J connectivity index is 1.47. The van der Waals surface area contributed by atoms with Gasteiger partial charge in [-0.15, -0.1) is 0 Å². The third-order valence-corrected chi connectivity index (χ3v) is 4.33. The number of amides is 2. The fraction of sp³-hybridized carbons (Fsp3) is 0.0455. The van der Waals surface area contributed by atoms with Crippen LogP contribution in [0.2, 0.25) is 5.02 Å². The number of hydrazone groups is 1. The Hall–Kier alpha value is -4.24. The van der Waals surface area contributed by atoms with Crippen LogP contribution in [0.25, 0.3) is 0 Å². The van der Waals surface area contributed by atoms with E-state index in [0.29, 0.717) is 22.0 Å². The van der Waals surface area contributed by atoms with Gasteiger partial charge in [0.25, 0.3) is 17.5 Å². The van der Waals surface area contributed by atoms with Crippen LogP contribution >= 0.6 is 11.6 Å². The van der Waals surface area contributed by atoms with Crippen molar-refractivity contribution < 1.29 is 19.2 Å². The number of ether oxygens (including phenoxy) is 1. The van der Waals surface area contributed by atoms with Crippen LogP contribution in [-0.2, 0) is 4.79 Å². The first kappa shape index (κ1) is 22.4. The van der Waals surface area contributed by atoms with Gasteiger partial charge >= 0.3 is 0 Å². The monoisotopic (exact) mass is 452 g/mol. The summed E-state index contributed by atoms with van der Waals surface area (Å²) in [7, 11) is 0. The first-order valence-corrected chi connectivity index (χ1v) is 9.64. The number of nitro benzene ring substituents is 1. The second-order valence-electron chi connectivity index (χ2n) is 6.42. The molecule has 0 fully saturated rings. The standard InChI is InChI=1S/C22H17ClN4O5/c23-17-6-8-18(9-7-17)25-21(28)14-32-20-10-4-15(5-11-20)13-24-26-22(29)16-2-1-3-19(12-16)27(30)31/h1-13H,14H2,(H,25,28)(H,26,29)/b24-13-. The summed E-state index contributed by atoms with van der Waals surface area (Å²) in [5.74, 6) is -0.410. The normalized spacial score (nSPS) is 10.5. The smallest absolute Gasteiger partial charge is 0.271 e. The largest absolute Gasteiger partial charge is 0.484 e. The van der Waals surface area contributed by atoms with Crippen LogP contribution in [-0.4, -0.2) is 29.6 Å².